The van der Waals surface area contributed by atoms with Gasteiger partial charge >= 0.3 is 0 Å². The molecule has 1 unspecified atom stereocenters. The van der Waals surface area contributed by atoms with E-state index in [0.717, 1.165) is 60.1 Å². The molecular formula is C29H36N2O4. The molecule has 0 fully saturated rings. The van der Waals surface area contributed by atoms with Crippen LogP contribution < -0.4 is 24.3 Å². The molecule has 1 N–H and O–H groups in total. The van der Waals surface area contributed by atoms with Crippen molar-refractivity contribution in [1.82, 2.24) is 10.2 Å². The smallest absolute Gasteiger partial charge is 0.161 e. The first-order valence-electron chi connectivity index (χ1n) is 12.2. The van der Waals surface area contributed by atoms with Crippen molar-refractivity contribution in [3.05, 3.63) is 82.9 Å². The van der Waals surface area contributed by atoms with Gasteiger partial charge in [0.2, 0.25) is 0 Å². The van der Waals surface area contributed by atoms with Crippen molar-refractivity contribution in [3.63, 3.8) is 0 Å². The van der Waals surface area contributed by atoms with Gasteiger partial charge in [0.15, 0.2) is 23.0 Å². The summed E-state index contributed by atoms with van der Waals surface area (Å²) in [7, 11) is 7.53. The molecule has 0 amide bonds. The molecule has 0 spiro atoms. The fraction of sp³-hybridized carbons (Fsp3) is 0.379. The number of fused-ring (bicyclic) bond motifs is 1. The van der Waals surface area contributed by atoms with Gasteiger partial charge in [-0.1, -0.05) is 36.4 Å². The zero-order valence-corrected chi connectivity index (χ0v) is 21.2. The molecule has 4 rings (SSSR count). The average molecular weight is 477 g/mol. The fourth-order valence-corrected chi connectivity index (χ4v) is 4.42. The topological polar surface area (TPSA) is 52.2 Å². The summed E-state index contributed by atoms with van der Waals surface area (Å²) in [6, 6.07) is 20.6. The second-order valence-corrected chi connectivity index (χ2v) is 9.03. The minimum atomic E-state index is 0.0332. The number of ether oxygens (including phenoxy) is 4. The molecule has 0 aromatic heterocycles. The maximum atomic E-state index is 6.14. The molecule has 1 aliphatic rings. The molecule has 6 heteroatoms. The first kappa shape index (κ1) is 24.9. The van der Waals surface area contributed by atoms with E-state index in [0.29, 0.717) is 13.2 Å². The van der Waals surface area contributed by atoms with Gasteiger partial charge in [0.25, 0.3) is 0 Å². The van der Waals surface area contributed by atoms with Gasteiger partial charge in [0.1, 0.15) is 6.61 Å². The minimum absolute atomic E-state index is 0.0332. The molecule has 3 aromatic carbocycles. The highest BCUT2D eigenvalue weighted by molar-refractivity contribution is 5.53. The number of nitrogens with zero attached hydrogens (tertiary/aromatic N) is 1. The maximum absolute atomic E-state index is 6.14. The van der Waals surface area contributed by atoms with E-state index in [1.807, 2.05) is 24.3 Å². The Labute approximate surface area is 208 Å². The Morgan fingerprint density at radius 1 is 0.857 bits per heavy atom. The van der Waals surface area contributed by atoms with Gasteiger partial charge < -0.3 is 29.2 Å². The van der Waals surface area contributed by atoms with E-state index in [9.17, 15) is 0 Å². The Bertz CT molecular complexity index is 1100. The Hall–Kier alpha value is -3.22. The van der Waals surface area contributed by atoms with Crippen molar-refractivity contribution in [3.8, 4) is 23.0 Å². The summed E-state index contributed by atoms with van der Waals surface area (Å²) in [5, 5.41) is 3.67. The van der Waals surface area contributed by atoms with Crippen LogP contribution in [0.3, 0.4) is 0 Å². The quantitative estimate of drug-likeness (QED) is 0.400. The average Bonchev–Trinajstić information content (AvgIpc) is 2.89. The second kappa shape index (κ2) is 12.0. The van der Waals surface area contributed by atoms with Crippen molar-refractivity contribution in [1.29, 1.82) is 0 Å². The van der Waals surface area contributed by atoms with Crippen LogP contribution in [0.25, 0.3) is 0 Å². The molecule has 0 bridgehead atoms. The normalized spacial score (nSPS) is 14.9. The molecule has 6 nitrogen and oxygen atoms in total. The first-order chi connectivity index (χ1) is 17.1. The summed E-state index contributed by atoms with van der Waals surface area (Å²) in [6.07, 6.45) is 1.90. The largest absolute Gasteiger partial charge is 0.493 e. The Morgan fingerprint density at radius 2 is 1.63 bits per heavy atom. The van der Waals surface area contributed by atoms with Crippen LogP contribution in [0.4, 0.5) is 0 Å². The fourth-order valence-electron chi connectivity index (χ4n) is 4.42. The van der Waals surface area contributed by atoms with E-state index >= 15 is 0 Å². The van der Waals surface area contributed by atoms with Crippen LogP contribution in [0.5, 0.6) is 23.0 Å². The Balaban J connectivity index is 1.56. The highest BCUT2D eigenvalue weighted by Gasteiger charge is 2.25. The highest BCUT2D eigenvalue weighted by atomic mass is 16.5. The van der Waals surface area contributed by atoms with Crippen LogP contribution in [0.1, 0.15) is 34.7 Å². The molecule has 186 valence electrons. The highest BCUT2D eigenvalue weighted by Crippen LogP contribution is 2.39. The SMILES string of the molecule is COc1cc2c(cc1OCCCN(C)C)C(c1ccc(OCc3ccccc3)c(OC)c1)NCC2. The van der Waals surface area contributed by atoms with Crippen LogP contribution in [0, 0.1) is 0 Å². The lowest BCUT2D eigenvalue weighted by atomic mass is 9.89. The lowest BCUT2D eigenvalue weighted by Gasteiger charge is -2.29. The predicted octanol–water partition coefficient (Wildman–Crippen LogP) is 4.85. The molecule has 0 aliphatic carbocycles. The third kappa shape index (κ3) is 6.27. The molecular weight excluding hydrogens is 440 g/mol. The van der Waals surface area contributed by atoms with Gasteiger partial charge in [0, 0.05) is 13.1 Å². The number of nitrogens with one attached hydrogen (secondary N) is 1. The lowest BCUT2D eigenvalue weighted by Crippen LogP contribution is -2.30. The molecule has 0 saturated carbocycles. The van der Waals surface area contributed by atoms with E-state index in [1.165, 1.54) is 11.1 Å². The van der Waals surface area contributed by atoms with Gasteiger partial charge in [-0.2, -0.15) is 0 Å². The van der Waals surface area contributed by atoms with Crippen LogP contribution in [0.2, 0.25) is 0 Å². The summed E-state index contributed by atoms with van der Waals surface area (Å²) in [5.74, 6) is 3.03. The summed E-state index contributed by atoms with van der Waals surface area (Å²) in [4.78, 5) is 2.16. The summed E-state index contributed by atoms with van der Waals surface area (Å²) < 4.78 is 23.6. The van der Waals surface area contributed by atoms with Crippen LogP contribution >= 0.6 is 0 Å². The van der Waals surface area contributed by atoms with E-state index in [4.69, 9.17) is 18.9 Å². The Kier molecular flexibility index (Phi) is 8.50. The number of hydrogen-bond donors (Lipinski definition) is 1. The number of benzene rings is 3. The Morgan fingerprint density at radius 3 is 2.37 bits per heavy atom. The first-order valence-corrected chi connectivity index (χ1v) is 12.2. The zero-order valence-electron chi connectivity index (χ0n) is 21.2. The number of hydrogen-bond acceptors (Lipinski definition) is 6. The van der Waals surface area contributed by atoms with Gasteiger partial charge in [-0.25, -0.2) is 0 Å². The molecule has 1 aliphatic heterocycles. The minimum Gasteiger partial charge on any atom is -0.493 e. The van der Waals surface area contributed by atoms with E-state index in [2.05, 4.69) is 60.7 Å². The number of methoxy groups -OCH3 is 2. The van der Waals surface area contributed by atoms with E-state index in [1.54, 1.807) is 14.2 Å². The third-order valence-corrected chi connectivity index (χ3v) is 6.24. The zero-order chi connectivity index (χ0) is 24.6. The van der Waals surface area contributed by atoms with Gasteiger partial charge in [-0.15, -0.1) is 0 Å². The third-order valence-electron chi connectivity index (χ3n) is 6.24. The molecule has 1 atom stereocenters. The van der Waals surface area contributed by atoms with Gasteiger partial charge in [0.05, 0.1) is 26.9 Å². The molecule has 1 heterocycles. The summed E-state index contributed by atoms with van der Waals surface area (Å²) in [6.45, 7) is 3.01. The maximum Gasteiger partial charge on any atom is 0.161 e. The van der Waals surface area contributed by atoms with Crippen LogP contribution in [0.15, 0.2) is 60.7 Å². The van der Waals surface area contributed by atoms with Crippen molar-refractivity contribution in [2.45, 2.75) is 25.5 Å². The standard InChI is InChI=1S/C29H36N2O4/c1-31(2)15-8-16-34-28-19-24-22(17-27(28)33-4)13-14-30-29(24)23-11-12-25(26(18-23)32-3)35-20-21-9-6-5-7-10-21/h5-7,9-12,17-19,29-30H,8,13-16,20H2,1-4H3. The van der Waals surface area contributed by atoms with Crippen molar-refractivity contribution < 1.29 is 18.9 Å². The lowest BCUT2D eigenvalue weighted by molar-refractivity contribution is 0.267. The molecule has 0 radical (unpaired) electrons. The van der Waals surface area contributed by atoms with Crippen LogP contribution in [-0.2, 0) is 13.0 Å². The van der Waals surface area contributed by atoms with Gasteiger partial charge in [-0.05, 0) is 73.5 Å². The van der Waals surface area contributed by atoms with E-state index in [-0.39, 0.29) is 6.04 Å². The van der Waals surface area contributed by atoms with Crippen molar-refractivity contribution >= 4 is 0 Å². The van der Waals surface area contributed by atoms with Crippen LogP contribution in [-0.4, -0.2) is 52.9 Å². The predicted molar refractivity (Wildman–Crippen MR) is 139 cm³/mol. The van der Waals surface area contributed by atoms with Crippen molar-refractivity contribution in [2.75, 3.05) is 48.0 Å². The number of rotatable bonds is 11. The summed E-state index contributed by atoms with van der Waals surface area (Å²) >= 11 is 0. The molecule has 0 saturated heterocycles. The molecule has 3 aromatic rings. The monoisotopic (exact) mass is 476 g/mol. The molecule has 35 heavy (non-hydrogen) atoms. The van der Waals surface area contributed by atoms with E-state index < -0.39 is 0 Å². The van der Waals surface area contributed by atoms with Crippen molar-refractivity contribution in [2.24, 2.45) is 0 Å². The van der Waals surface area contributed by atoms with Gasteiger partial charge in [-0.3, -0.25) is 0 Å². The second-order valence-electron chi connectivity index (χ2n) is 9.03. The summed E-state index contributed by atoms with van der Waals surface area (Å²) in [5.41, 5.74) is 4.72.